The average Bonchev–Trinajstić information content (AvgIpc) is 3.25. The van der Waals surface area contributed by atoms with E-state index in [1.54, 1.807) is 0 Å². The molecule has 2 aromatic rings. The number of carbonyl (C=O) groups is 1. The number of anilines is 1. The van der Waals surface area contributed by atoms with Gasteiger partial charge in [-0.1, -0.05) is 24.3 Å². The van der Waals surface area contributed by atoms with Crippen LogP contribution in [0.3, 0.4) is 0 Å². The number of rotatable bonds is 4. The van der Waals surface area contributed by atoms with Gasteiger partial charge in [0.15, 0.2) is 0 Å². The molecule has 2 amide bonds. The standard InChI is InChI=1S/C20H24N4O/c25-20(24-12-10-16-13-21-14-19(16)24)23-18-7-2-1-5-15(18)8-9-17-6-3-4-11-22-17/h1-7,11,16,19,21H,8-10,12-14H2,(H,23,25)/t16-,19+/m1/s1. The molecule has 0 saturated carbocycles. The number of amides is 2. The Bertz CT molecular complexity index is 733. The molecule has 1 aromatic heterocycles. The van der Waals surface area contributed by atoms with Crippen LogP contribution in [0.5, 0.6) is 0 Å². The van der Waals surface area contributed by atoms with Gasteiger partial charge in [0.1, 0.15) is 0 Å². The first-order chi connectivity index (χ1) is 12.3. The Morgan fingerprint density at radius 1 is 1.16 bits per heavy atom. The summed E-state index contributed by atoms with van der Waals surface area (Å²) in [7, 11) is 0. The number of aryl methyl sites for hydroxylation is 2. The molecule has 0 bridgehead atoms. The normalized spacial score (nSPS) is 22.0. The minimum atomic E-state index is 0.0292. The summed E-state index contributed by atoms with van der Waals surface area (Å²) in [6.45, 7) is 2.81. The number of carbonyl (C=O) groups excluding carboxylic acids is 1. The van der Waals surface area contributed by atoms with Crippen LogP contribution in [-0.4, -0.2) is 41.6 Å². The Morgan fingerprint density at radius 3 is 2.92 bits per heavy atom. The number of para-hydroxylation sites is 1. The van der Waals surface area contributed by atoms with E-state index < -0.39 is 0 Å². The highest BCUT2D eigenvalue weighted by Crippen LogP contribution is 2.28. The minimum absolute atomic E-state index is 0.0292. The van der Waals surface area contributed by atoms with Crippen molar-refractivity contribution in [2.24, 2.45) is 5.92 Å². The molecule has 3 heterocycles. The number of pyridine rings is 1. The van der Waals surface area contributed by atoms with Crippen LogP contribution in [0, 0.1) is 5.92 Å². The van der Waals surface area contributed by atoms with Crippen molar-refractivity contribution in [2.45, 2.75) is 25.3 Å². The third-order valence-corrected chi connectivity index (χ3v) is 5.34. The van der Waals surface area contributed by atoms with Crippen molar-refractivity contribution in [3.05, 3.63) is 59.9 Å². The highest BCUT2D eigenvalue weighted by molar-refractivity contribution is 5.90. The maximum Gasteiger partial charge on any atom is 0.322 e. The number of benzene rings is 1. The van der Waals surface area contributed by atoms with Crippen LogP contribution in [-0.2, 0) is 12.8 Å². The van der Waals surface area contributed by atoms with E-state index in [4.69, 9.17) is 0 Å². The van der Waals surface area contributed by atoms with Crippen LogP contribution < -0.4 is 10.6 Å². The minimum Gasteiger partial charge on any atom is -0.320 e. The molecular weight excluding hydrogens is 312 g/mol. The number of nitrogens with zero attached hydrogens (tertiary/aromatic N) is 2. The lowest BCUT2D eigenvalue weighted by Crippen LogP contribution is -2.41. The molecule has 5 heteroatoms. The molecule has 130 valence electrons. The van der Waals surface area contributed by atoms with Crippen molar-refractivity contribution in [1.82, 2.24) is 15.2 Å². The maximum atomic E-state index is 12.8. The fourth-order valence-corrected chi connectivity index (χ4v) is 3.96. The SMILES string of the molecule is O=C(Nc1ccccc1CCc1ccccn1)N1CC[C@@H]2CNC[C@@H]21. The van der Waals surface area contributed by atoms with E-state index in [1.165, 1.54) is 0 Å². The van der Waals surface area contributed by atoms with Gasteiger partial charge in [-0.05, 0) is 48.9 Å². The highest BCUT2D eigenvalue weighted by Gasteiger charge is 2.39. The number of urea groups is 1. The number of nitrogens with one attached hydrogen (secondary N) is 2. The molecule has 5 nitrogen and oxygen atoms in total. The second-order valence-electron chi connectivity index (χ2n) is 6.88. The number of hydrogen-bond acceptors (Lipinski definition) is 3. The molecule has 2 aliphatic heterocycles. The summed E-state index contributed by atoms with van der Waals surface area (Å²) in [5.74, 6) is 0.616. The second-order valence-corrected chi connectivity index (χ2v) is 6.88. The van der Waals surface area contributed by atoms with E-state index in [0.717, 1.165) is 55.8 Å². The summed E-state index contributed by atoms with van der Waals surface area (Å²) >= 11 is 0. The molecule has 25 heavy (non-hydrogen) atoms. The Labute approximate surface area is 148 Å². The monoisotopic (exact) mass is 336 g/mol. The van der Waals surface area contributed by atoms with Gasteiger partial charge in [-0.3, -0.25) is 4.98 Å². The fraction of sp³-hybridized carbons (Fsp3) is 0.400. The zero-order valence-electron chi connectivity index (χ0n) is 14.3. The van der Waals surface area contributed by atoms with Gasteiger partial charge in [-0.2, -0.15) is 0 Å². The van der Waals surface area contributed by atoms with E-state index >= 15 is 0 Å². The van der Waals surface area contributed by atoms with E-state index in [0.29, 0.717) is 12.0 Å². The average molecular weight is 336 g/mol. The van der Waals surface area contributed by atoms with Crippen LogP contribution in [0.4, 0.5) is 10.5 Å². The Kier molecular flexibility index (Phi) is 4.65. The summed E-state index contributed by atoms with van der Waals surface area (Å²) in [6.07, 6.45) is 4.65. The third kappa shape index (κ3) is 3.51. The van der Waals surface area contributed by atoms with Crippen LogP contribution in [0.2, 0.25) is 0 Å². The van der Waals surface area contributed by atoms with Crippen molar-refractivity contribution in [1.29, 1.82) is 0 Å². The number of aromatic nitrogens is 1. The van der Waals surface area contributed by atoms with E-state index in [-0.39, 0.29) is 6.03 Å². The number of likely N-dealkylation sites (tertiary alicyclic amines) is 1. The van der Waals surface area contributed by atoms with Crippen LogP contribution in [0.25, 0.3) is 0 Å². The van der Waals surface area contributed by atoms with Gasteiger partial charge in [0.05, 0.1) is 0 Å². The zero-order chi connectivity index (χ0) is 17.1. The topological polar surface area (TPSA) is 57.3 Å². The van der Waals surface area contributed by atoms with Crippen LogP contribution in [0.1, 0.15) is 17.7 Å². The predicted molar refractivity (Wildman–Crippen MR) is 98.6 cm³/mol. The Hall–Kier alpha value is -2.40. The zero-order valence-corrected chi connectivity index (χ0v) is 14.3. The number of fused-ring (bicyclic) bond motifs is 1. The van der Waals surface area contributed by atoms with E-state index in [2.05, 4.69) is 21.7 Å². The van der Waals surface area contributed by atoms with Gasteiger partial charge < -0.3 is 15.5 Å². The lowest BCUT2D eigenvalue weighted by atomic mass is 10.1. The molecule has 2 atom stereocenters. The van der Waals surface area contributed by atoms with Crippen molar-refractivity contribution >= 4 is 11.7 Å². The first-order valence-corrected chi connectivity index (χ1v) is 9.07. The van der Waals surface area contributed by atoms with Gasteiger partial charge in [-0.15, -0.1) is 0 Å². The maximum absolute atomic E-state index is 12.8. The molecule has 0 radical (unpaired) electrons. The molecule has 2 fully saturated rings. The van der Waals surface area contributed by atoms with Crippen LogP contribution in [0.15, 0.2) is 48.7 Å². The Balaban J connectivity index is 1.43. The molecule has 2 saturated heterocycles. The number of hydrogen-bond donors (Lipinski definition) is 2. The summed E-state index contributed by atoms with van der Waals surface area (Å²) in [5.41, 5.74) is 3.14. The smallest absolute Gasteiger partial charge is 0.320 e. The van der Waals surface area contributed by atoms with E-state index in [9.17, 15) is 4.79 Å². The lowest BCUT2D eigenvalue weighted by molar-refractivity contribution is 0.206. The molecule has 0 spiro atoms. The van der Waals surface area contributed by atoms with Crippen molar-refractivity contribution in [3.8, 4) is 0 Å². The Morgan fingerprint density at radius 2 is 2.04 bits per heavy atom. The van der Waals surface area contributed by atoms with Gasteiger partial charge in [0, 0.05) is 43.3 Å². The summed E-state index contributed by atoms with van der Waals surface area (Å²) in [5, 5.41) is 6.53. The van der Waals surface area contributed by atoms with Gasteiger partial charge in [0.25, 0.3) is 0 Å². The summed E-state index contributed by atoms with van der Waals surface area (Å²) in [6, 6.07) is 14.4. The fourth-order valence-electron chi connectivity index (χ4n) is 3.96. The van der Waals surface area contributed by atoms with Crippen LogP contribution >= 0.6 is 0 Å². The third-order valence-electron chi connectivity index (χ3n) is 5.34. The predicted octanol–water partition coefficient (Wildman–Crippen LogP) is 2.69. The first-order valence-electron chi connectivity index (χ1n) is 9.07. The van der Waals surface area contributed by atoms with Gasteiger partial charge >= 0.3 is 6.03 Å². The highest BCUT2D eigenvalue weighted by atomic mass is 16.2. The molecule has 0 unspecified atom stereocenters. The first kappa shape index (κ1) is 16.1. The van der Waals surface area contributed by atoms with Gasteiger partial charge in [0.2, 0.25) is 0 Å². The summed E-state index contributed by atoms with van der Waals surface area (Å²) in [4.78, 5) is 19.1. The molecule has 1 aromatic carbocycles. The molecule has 0 aliphatic carbocycles. The molecular formula is C20H24N4O. The molecule has 4 rings (SSSR count). The molecule has 2 aliphatic rings. The molecule has 2 N–H and O–H groups in total. The second kappa shape index (κ2) is 7.23. The lowest BCUT2D eigenvalue weighted by Gasteiger charge is -2.24. The quantitative estimate of drug-likeness (QED) is 0.902. The van der Waals surface area contributed by atoms with Gasteiger partial charge in [-0.25, -0.2) is 4.79 Å². The van der Waals surface area contributed by atoms with Crippen molar-refractivity contribution in [2.75, 3.05) is 25.0 Å². The summed E-state index contributed by atoms with van der Waals surface area (Å²) < 4.78 is 0. The van der Waals surface area contributed by atoms with E-state index in [1.807, 2.05) is 47.5 Å². The van der Waals surface area contributed by atoms with Crippen molar-refractivity contribution in [3.63, 3.8) is 0 Å². The largest absolute Gasteiger partial charge is 0.322 e. The van der Waals surface area contributed by atoms with Crippen molar-refractivity contribution < 1.29 is 4.79 Å².